The van der Waals surface area contributed by atoms with Gasteiger partial charge in [-0.15, -0.1) is 11.3 Å². The zero-order chi connectivity index (χ0) is 33.0. The maximum atomic E-state index is 6.48. The molecule has 5 nitrogen and oxygen atoms in total. The quantitative estimate of drug-likeness (QED) is 0.184. The molecule has 0 amide bonds. The highest BCUT2D eigenvalue weighted by Gasteiger charge is 2.23. The minimum Gasteiger partial charge on any atom is -0.436 e. The molecule has 0 radical (unpaired) electrons. The molecule has 0 fully saturated rings. The standard InChI is InChI=1S/C44H26N4OS/c1-3-11-27(12-4-1)29-19-22-30(23-20-29)41-46-42(33-24-21-28-13-7-8-16-32(28)25-33)48-43(47-41)39-38-34-17-9-10-18-36(34)50-37(38)26-35-40(39)45-44(49-35)31-14-5-2-6-15-31/h1-26H. The van der Waals surface area contributed by atoms with Gasteiger partial charge < -0.3 is 4.42 Å². The van der Waals surface area contributed by atoms with E-state index in [-0.39, 0.29) is 0 Å². The highest BCUT2D eigenvalue weighted by Crippen LogP contribution is 2.44. The summed E-state index contributed by atoms with van der Waals surface area (Å²) < 4.78 is 8.75. The molecule has 0 aliphatic rings. The maximum absolute atomic E-state index is 6.48. The summed E-state index contributed by atoms with van der Waals surface area (Å²) >= 11 is 1.73. The molecule has 50 heavy (non-hydrogen) atoms. The van der Waals surface area contributed by atoms with Crippen molar-refractivity contribution < 1.29 is 4.42 Å². The fourth-order valence-electron chi connectivity index (χ4n) is 6.71. The Labute approximate surface area is 291 Å². The third kappa shape index (κ3) is 4.85. The van der Waals surface area contributed by atoms with Crippen molar-refractivity contribution in [3.63, 3.8) is 0 Å². The molecule has 0 saturated carbocycles. The van der Waals surface area contributed by atoms with Crippen LogP contribution >= 0.6 is 11.3 Å². The van der Waals surface area contributed by atoms with Crippen LogP contribution in [-0.4, -0.2) is 19.9 Å². The van der Waals surface area contributed by atoms with Crippen LogP contribution in [0.3, 0.4) is 0 Å². The van der Waals surface area contributed by atoms with Crippen LogP contribution in [0.2, 0.25) is 0 Å². The van der Waals surface area contributed by atoms with Crippen LogP contribution in [0.15, 0.2) is 162 Å². The van der Waals surface area contributed by atoms with E-state index in [0.29, 0.717) is 28.9 Å². The minimum atomic E-state index is 0.553. The first-order valence-electron chi connectivity index (χ1n) is 16.5. The number of hydrogen-bond acceptors (Lipinski definition) is 6. The normalized spacial score (nSPS) is 11.6. The second-order valence-corrected chi connectivity index (χ2v) is 13.4. The van der Waals surface area contributed by atoms with Crippen LogP contribution in [-0.2, 0) is 0 Å². The molecular formula is C44H26N4OS. The summed E-state index contributed by atoms with van der Waals surface area (Å²) in [4.78, 5) is 20.7. The summed E-state index contributed by atoms with van der Waals surface area (Å²) in [7, 11) is 0. The monoisotopic (exact) mass is 658 g/mol. The lowest BCUT2D eigenvalue weighted by Gasteiger charge is -2.11. The van der Waals surface area contributed by atoms with E-state index in [1.54, 1.807) is 11.3 Å². The second-order valence-electron chi connectivity index (χ2n) is 12.3. The molecule has 234 valence electrons. The summed E-state index contributed by atoms with van der Waals surface area (Å²) in [6.45, 7) is 0. The summed E-state index contributed by atoms with van der Waals surface area (Å²) in [6.07, 6.45) is 0. The molecular weight excluding hydrogens is 633 g/mol. The zero-order valence-electron chi connectivity index (χ0n) is 26.6. The average Bonchev–Trinajstić information content (AvgIpc) is 3.79. The molecule has 0 N–H and O–H groups in total. The zero-order valence-corrected chi connectivity index (χ0v) is 27.4. The van der Waals surface area contributed by atoms with Crippen molar-refractivity contribution in [3.05, 3.63) is 158 Å². The van der Waals surface area contributed by atoms with Crippen molar-refractivity contribution in [2.24, 2.45) is 0 Å². The second kappa shape index (κ2) is 11.6. The van der Waals surface area contributed by atoms with E-state index < -0.39 is 0 Å². The number of nitrogens with zero attached hydrogens (tertiary/aromatic N) is 4. The average molecular weight is 659 g/mol. The summed E-state index contributed by atoms with van der Waals surface area (Å²) in [5, 5.41) is 4.48. The lowest BCUT2D eigenvalue weighted by molar-refractivity contribution is 0.620. The Morgan fingerprint density at radius 3 is 1.82 bits per heavy atom. The molecule has 0 atom stereocenters. The van der Waals surface area contributed by atoms with Crippen LogP contribution in [0, 0.1) is 0 Å². The molecule has 3 aromatic heterocycles. The predicted octanol–water partition coefficient (Wildman–Crippen LogP) is 11.9. The van der Waals surface area contributed by atoms with E-state index in [1.807, 2.05) is 36.4 Å². The number of thiophene rings is 1. The van der Waals surface area contributed by atoms with Crippen LogP contribution in [0.25, 0.3) is 98.8 Å². The molecule has 0 saturated heterocycles. The maximum Gasteiger partial charge on any atom is 0.227 e. The van der Waals surface area contributed by atoms with Crippen LogP contribution < -0.4 is 0 Å². The van der Waals surface area contributed by atoms with Gasteiger partial charge in [0, 0.05) is 42.9 Å². The van der Waals surface area contributed by atoms with Crippen LogP contribution in [0.1, 0.15) is 0 Å². The molecule has 0 unspecified atom stereocenters. The Hall–Kier alpha value is -6.50. The largest absolute Gasteiger partial charge is 0.436 e. The predicted molar refractivity (Wildman–Crippen MR) is 205 cm³/mol. The fourth-order valence-corrected chi connectivity index (χ4v) is 7.85. The van der Waals surface area contributed by atoms with Crippen LogP contribution in [0.5, 0.6) is 0 Å². The lowest BCUT2D eigenvalue weighted by Crippen LogP contribution is -2.01. The van der Waals surface area contributed by atoms with E-state index >= 15 is 0 Å². The summed E-state index contributed by atoms with van der Waals surface area (Å²) in [6, 6.07) is 54.1. The number of fused-ring (bicyclic) bond motifs is 5. The summed E-state index contributed by atoms with van der Waals surface area (Å²) in [5.41, 5.74) is 7.27. The van der Waals surface area contributed by atoms with E-state index in [4.69, 9.17) is 24.4 Å². The number of rotatable bonds is 5. The molecule has 0 spiro atoms. The Morgan fingerprint density at radius 2 is 1.02 bits per heavy atom. The molecule has 7 aromatic carbocycles. The van der Waals surface area contributed by atoms with Crippen molar-refractivity contribution in [1.82, 2.24) is 19.9 Å². The van der Waals surface area contributed by atoms with Crippen molar-refractivity contribution in [1.29, 1.82) is 0 Å². The first kappa shape index (κ1) is 28.5. The van der Waals surface area contributed by atoms with Crippen molar-refractivity contribution >= 4 is 53.4 Å². The molecule has 10 rings (SSSR count). The first-order chi connectivity index (χ1) is 24.7. The Kier molecular flexibility index (Phi) is 6.60. The van der Waals surface area contributed by atoms with Gasteiger partial charge in [0.05, 0.1) is 5.56 Å². The van der Waals surface area contributed by atoms with Gasteiger partial charge in [-0.1, -0.05) is 127 Å². The summed E-state index contributed by atoms with van der Waals surface area (Å²) in [5.74, 6) is 2.30. The molecule has 0 aliphatic carbocycles. The smallest absolute Gasteiger partial charge is 0.227 e. The van der Waals surface area contributed by atoms with Gasteiger partial charge in [-0.05, 0) is 46.2 Å². The van der Waals surface area contributed by atoms with Gasteiger partial charge in [-0.25, -0.2) is 19.9 Å². The van der Waals surface area contributed by atoms with Crippen LogP contribution in [0.4, 0.5) is 0 Å². The Bertz CT molecular complexity index is 2860. The third-order valence-electron chi connectivity index (χ3n) is 9.16. The Balaban J connectivity index is 1.25. The van der Waals surface area contributed by atoms with Gasteiger partial charge in [-0.2, -0.15) is 0 Å². The lowest BCUT2D eigenvalue weighted by atomic mass is 10.0. The molecule has 3 heterocycles. The van der Waals surface area contributed by atoms with Crippen molar-refractivity contribution in [3.8, 4) is 56.7 Å². The van der Waals surface area contributed by atoms with Gasteiger partial charge in [-0.3, -0.25) is 0 Å². The number of aromatic nitrogens is 4. The van der Waals surface area contributed by atoms with Gasteiger partial charge >= 0.3 is 0 Å². The number of hydrogen-bond donors (Lipinski definition) is 0. The highest BCUT2D eigenvalue weighted by molar-refractivity contribution is 7.26. The van der Waals surface area contributed by atoms with E-state index in [0.717, 1.165) is 65.1 Å². The minimum absolute atomic E-state index is 0.553. The van der Waals surface area contributed by atoms with E-state index in [1.165, 1.54) is 4.70 Å². The van der Waals surface area contributed by atoms with Crippen molar-refractivity contribution in [2.75, 3.05) is 0 Å². The van der Waals surface area contributed by atoms with Gasteiger partial charge in [0.25, 0.3) is 0 Å². The topological polar surface area (TPSA) is 64.7 Å². The number of oxazole rings is 1. The molecule has 0 aliphatic heterocycles. The molecule has 10 aromatic rings. The first-order valence-corrected chi connectivity index (χ1v) is 17.3. The van der Waals surface area contributed by atoms with Gasteiger partial charge in [0.15, 0.2) is 23.1 Å². The molecule has 0 bridgehead atoms. The van der Waals surface area contributed by atoms with E-state index in [9.17, 15) is 0 Å². The van der Waals surface area contributed by atoms with Gasteiger partial charge in [0.1, 0.15) is 5.52 Å². The van der Waals surface area contributed by atoms with Crippen molar-refractivity contribution in [2.45, 2.75) is 0 Å². The van der Waals surface area contributed by atoms with Gasteiger partial charge in [0.2, 0.25) is 5.89 Å². The number of benzene rings is 7. The SMILES string of the molecule is c1ccc(-c2ccc(-c3nc(-c4ccc5ccccc5c4)nc(-c4c5nc(-c6ccccc6)oc5cc5sc6ccccc6c45)n3)cc2)cc1. The molecule has 6 heteroatoms. The fraction of sp³-hybridized carbons (Fsp3) is 0. The van der Waals surface area contributed by atoms with E-state index in [2.05, 4.69) is 121 Å². The third-order valence-corrected chi connectivity index (χ3v) is 10.3. The highest BCUT2D eigenvalue weighted by atomic mass is 32.1. The Morgan fingerprint density at radius 1 is 0.420 bits per heavy atom.